The van der Waals surface area contributed by atoms with E-state index in [1.807, 2.05) is 0 Å². The van der Waals surface area contributed by atoms with Gasteiger partial charge < -0.3 is 10.1 Å². The smallest absolute Gasteiger partial charge is 0.862 e. The molecule has 0 rings (SSSR count). The van der Waals surface area contributed by atoms with Crippen LogP contribution in [-0.2, 0) is 10.1 Å². The van der Waals surface area contributed by atoms with Crippen LogP contribution in [0.1, 0.15) is 58.3 Å². The Kier molecular flexibility index (Phi) is 16.4. The summed E-state index contributed by atoms with van der Waals surface area (Å²) in [5.74, 6) is -0.355. The van der Waals surface area contributed by atoms with Crippen LogP contribution in [0, 0.1) is 0 Å². The molecular formula is C12H24KNO4S. The molecule has 19 heavy (non-hydrogen) atoms. The average molecular weight is 317 g/mol. The summed E-state index contributed by atoms with van der Waals surface area (Å²) < 4.78 is 29.3. The molecule has 0 saturated heterocycles. The topological polar surface area (TPSA) is 89.8 Å². The van der Waals surface area contributed by atoms with Gasteiger partial charge in [-0.15, -0.1) is 0 Å². The van der Waals surface area contributed by atoms with Crippen molar-refractivity contribution < 1.29 is 69.5 Å². The molecule has 0 saturated carbocycles. The van der Waals surface area contributed by atoms with Gasteiger partial charge in [-0.1, -0.05) is 32.6 Å². The van der Waals surface area contributed by atoms with Crippen LogP contribution in [0.25, 0.3) is 0 Å². The van der Waals surface area contributed by atoms with Crippen LogP contribution in [0.3, 0.4) is 0 Å². The molecule has 0 aliphatic heterocycles. The third kappa shape index (κ3) is 19.0. The van der Waals surface area contributed by atoms with E-state index in [-0.39, 0.29) is 63.0 Å². The van der Waals surface area contributed by atoms with Crippen LogP contribution >= 0.6 is 0 Å². The Morgan fingerprint density at radius 1 is 1.11 bits per heavy atom. The first-order chi connectivity index (χ1) is 8.45. The number of nitrogens with zero attached hydrogens (tertiary/aromatic N) is 1. The molecule has 5 nitrogen and oxygen atoms in total. The van der Waals surface area contributed by atoms with Crippen LogP contribution in [-0.4, -0.2) is 31.2 Å². The SMILES string of the molecule is CCCCCCCC([O-])=NCCCCS(=O)(=O)O.[K+]. The maximum atomic E-state index is 11.3. The van der Waals surface area contributed by atoms with Gasteiger partial charge in [-0.25, -0.2) is 0 Å². The zero-order chi connectivity index (χ0) is 13.9. The number of unbranched alkanes of at least 4 members (excludes halogenated alkanes) is 5. The van der Waals surface area contributed by atoms with Crippen molar-refractivity contribution >= 4 is 16.0 Å². The molecule has 0 unspecified atom stereocenters. The first-order valence-corrected chi connectivity index (χ1v) is 8.22. The number of rotatable bonds is 11. The standard InChI is InChI=1S/C12H25NO4S.K/c1-2-3-4-5-6-9-12(14)13-10-7-8-11-18(15,16)17;/h2-11H2,1H3,(H,13,14)(H,15,16,17);/q;+1/p-1. The van der Waals surface area contributed by atoms with E-state index in [1.165, 1.54) is 12.8 Å². The van der Waals surface area contributed by atoms with E-state index in [2.05, 4.69) is 11.9 Å². The Hall–Kier alpha value is 1.02. The van der Waals surface area contributed by atoms with E-state index in [9.17, 15) is 13.5 Å². The Morgan fingerprint density at radius 3 is 2.32 bits per heavy atom. The van der Waals surface area contributed by atoms with Crippen LogP contribution in [0.2, 0.25) is 0 Å². The molecule has 0 atom stereocenters. The van der Waals surface area contributed by atoms with Crippen LogP contribution in [0.15, 0.2) is 4.99 Å². The third-order valence-corrected chi connectivity index (χ3v) is 3.40. The fourth-order valence-electron chi connectivity index (χ4n) is 1.56. The predicted octanol–water partition coefficient (Wildman–Crippen LogP) is -1.22. The minimum atomic E-state index is -3.87. The molecule has 0 aromatic rings. The number of hydrogen-bond acceptors (Lipinski definition) is 4. The van der Waals surface area contributed by atoms with Crippen molar-refractivity contribution in [1.29, 1.82) is 0 Å². The summed E-state index contributed by atoms with van der Waals surface area (Å²) >= 11 is 0. The molecule has 0 aliphatic rings. The maximum absolute atomic E-state index is 11.3. The van der Waals surface area contributed by atoms with E-state index in [1.54, 1.807) is 0 Å². The van der Waals surface area contributed by atoms with Gasteiger partial charge in [-0.3, -0.25) is 4.55 Å². The Morgan fingerprint density at radius 2 is 1.74 bits per heavy atom. The zero-order valence-corrected chi connectivity index (χ0v) is 16.0. The van der Waals surface area contributed by atoms with Gasteiger partial charge in [-0.2, -0.15) is 8.42 Å². The van der Waals surface area contributed by atoms with Crippen molar-refractivity contribution in [2.75, 3.05) is 12.3 Å². The van der Waals surface area contributed by atoms with Gasteiger partial charge in [0.1, 0.15) is 0 Å². The van der Waals surface area contributed by atoms with Crippen molar-refractivity contribution in [3.63, 3.8) is 0 Å². The Labute approximate surface area is 159 Å². The van der Waals surface area contributed by atoms with Crippen molar-refractivity contribution in [2.45, 2.75) is 58.3 Å². The molecule has 108 valence electrons. The summed E-state index contributed by atoms with van der Waals surface area (Å²) in [6, 6.07) is 0. The summed E-state index contributed by atoms with van der Waals surface area (Å²) in [6.07, 6.45) is 6.85. The van der Waals surface area contributed by atoms with Crippen LogP contribution < -0.4 is 56.5 Å². The van der Waals surface area contributed by atoms with Crippen LogP contribution in [0.5, 0.6) is 0 Å². The fourth-order valence-corrected chi connectivity index (χ4v) is 2.13. The fraction of sp³-hybridized carbons (Fsp3) is 0.917. The monoisotopic (exact) mass is 317 g/mol. The van der Waals surface area contributed by atoms with E-state index in [0.29, 0.717) is 25.8 Å². The second-order valence-corrected chi connectivity index (χ2v) is 6.00. The van der Waals surface area contributed by atoms with Gasteiger partial charge in [0.2, 0.25) is 0 Å². The largest absolute Gasteiger partial charge is 1.00 e. The number of hydrogen-bond donors (Lipinski definition) is 1. The summed E-state index contributed by atoms with van der Waals surface area (Å²) in [7, 11) is -3.87. The average Bonchev–Trinajstić information content (AvgIpc) is 2.27. The van der Waals surface area contributed by atoms with Crippen molar-refractivity contribution in [3.05, 3.63) is 0 Å². The van der Waals surface area contributed by atoms with Crippen LogP contribution in [0.4, 0.5) is 0 Å². The second-order valence-electron chi connectivity index (χ2n) is 4.43. The van der Waals surface area contributed by atoms with Gasteiger partial charge in [0, 0.05) is 6.54 Å². The van der Waals surface area contributed by atoms with Gasteiger partial charge in [0.15, 0.2) is 0 Å². The molecule has 0 aliphatic carbocycles. The molecule has 0 spiro atoms. The summed E-state index contributed by atoms with van der Waals surface area (Å²) in [5, 5.41) is 11.3. The minimum Gasteiger partial charge on any atom is -0.862 e. The molecule has 0 bridgehead atoms. The Balaban J connectivity index is 0. The second kappa shape index (κ2) is 14.0. The normalized spacial score (nSPS) is 12.2. The quantitative estimate of drug-likeness (QED) is 0.170. The third-order valence-electron chi connectivity index (χ3n) is 2.59. The van der Waals surface area contributed by atoms with E-state index < -0.39 is 10.1 Å². The zero-order valence-electron chi connectivity index (χ0n) is 12.1. The molecule has 0 radical (unpaired) electrons. The van der Waals surface area contributed by atoms with Crippen molar-refractivity contribution in [2.24, 2.45) is 4.99 Å². The minimum absolute atomic E-state index is 0. The predicted molar refractivity (Wildman–Crippen MR) is 71.3 cm³/mol. The molecule has 1 N–H and O–H groups in total. The first kappa shape index (κ1) is 22.3. The summed E-state index contributed by atoms with van der Waals surface area (Å²) in [6.45, 7) is 2.50. The van der Waals surface area contributed by atoms with Crippen molar-refractivity contribution in [1.82, 2.24) is 0 Å². The van der Waals surface area contributed by atoms with E-state index in [0.717, 1.165) is 19.3 Å². The van der Waals surface area contributed by atoms with Gasteiger partial charge in [-0.05, 0) is 31.6 Å². The first-order valence-electron chi connectivity index (χ1n) is 6.61. The van der Waals surface area contributed by atoms with Gasteiger partial charge in [0.25, 0.3) is 10.1 Å². The molecule has 7 heteroatoms. The van der Waals surface area contributed by atoms with E-state index >= 15 is 0 Å². The molecule has 0 aromatic heterocycles. The van der Waals surface area contributed by atoms with Crippen molar-refractivity contribution in [3.8, 4) is 0 Å². The number of aliphatic imine (C=N–C) groups is 1. The summed E-state index contributed by atoms with van der Waals surface area (Å²) in [4.78, 5) is 3.85. The summed E-state index contributed by atoms with van der Waals surface area (Å²) in [5.41, 5.74) is 0. The van der Waals surface area contributed by atoms with E-state index in [4.69, 9.17) is 4.55 Å². The molecule has 0 aromatic carbocycles. The molecular weight excluding hydrogens is 293 g/mol. The Bertz CT molecular complexity index is 331. The molecule has 0 heterocycles. The van der Waals surface area contributed by atoms with Gasteiger partial charge >= 0.3 is 51.4 Å². The molecule has 0 amide bonds. The maximum Gasteiger partial charge on any atom is 1.00 e. The van der Waals surface area contributed by atoms with Gasteiger partial charge in [0.05, 0.1) is 5.75 Å². The molecule has 0 fully saturated rings.